The lowest BCUT2D eigenvalue weighted by Gasteiger charge is -2.35. The Bertz CT molecular complexity index is 806. The fourth-order valence-corrected chi connectivity index (χ4v) is 3.61. The van der Waals surface area contributed by atoms with Gasteiger partial charge in [-0.25, -0.2) is 4.79 Å². The molecule has 0 bridgehead atoms. The second-order valence-electron chi connectivity index (χ2n) is 8.47. The molecule has 0 radical (unpaired) electrons. The van der Waals surface area contributed by atoms with Crippen molar-refractivity contribution in [1.29, 1.82) is 0 Å². The van der Waals surface area contributed by atoms with Crippen molar-refractivity contribution < 1.29 is 23.4 Å². The van der Waals surface area contributed by atoms with Gasteiger partial charge in [-0.05, 0) is 34.1 Å². The Kier molecular flexibility index (Phi) is 4.50. The first-order chi connectivity index (χ1) is 12.4. The van der Waals surface area contributed by atoms with Crippen LogP contribution in [0.3, 0.4) is 0 Å². The zero-order chi connectivity index (χ0) is 20.2. The van der Waals surface area contributed by atoms with Crippen LogP contribution in [0.1, 0.15) is 57.5 Å². The van der Waals surface area contributed by atoms with Crippen molar-refractivity contribution in [2.75, 3.05) is 0 Å². The standard InChI is InChI=1S/C19H25F2N3O3/c1-6-18(26)7-8-19(20,21)15-13-10-23(16(25)27-17(3,4)5)12(2)9-14(13)22-24(15)11-18/h1,12,26H,7-11H2,2-5H3/t12-,18+/m1/s1. The molecule has 1 aromatic heterocycles. The second kappa shape index (κ2) is 6.20. The fourth-order valence-electron chi connectivity index (χ4n) is 3.61. The van der Waals surface area contributed by atoms with Crippen molar-refractivity contribution in [3.8, 4) is 12.3 Å². The van der Waals surface area contributed by atoms with Crippen LogP contribution in [0.2, 0.25) is 0 Å². The highest BCUT2D eigenvalue weighted by molar-refractivity contribution is 5.69. The molecule has 1 amide bonds. The zero-order valence-corrected chi connectivity index (χ0v) is 16.1. The van der Waals surface area contributed by atoms with Crippen molar-refractivity contribution in [1.82, 2.24) is 14.7 Å². The summed E-state index contributed by atoms with van der Waals surface area (Å²) in [6.45, 7) is 6.89. The molecule has 6 nitrogen and oxygen atoms in total. The average Bonchev–Trinajstić information content (AvgIpc) is 2.83. The zero-order valence-electron chi connectivity index (χ0n) is 16.1. The van der Waals surface area contributed by atoms with Crippen LogP contribution < -0.4 is 0 Å². The predicted molar refractivity (Wildman–Crippen MR) is 94.1 cm³/mol. The third kappa shape index (κ3) is 3.65. The highest BCUT2D eigenvalue weighted by Crippen LogP contribution is 2.43. The molecule has 3 rings (SSSR count). The van der Waals surface area contributed by atoms with Crippen LogP contribution in [0.5, 0.6) is 0 Å². The molecule has 0 aromatic carbocycles. The van der Waals surface area contributed by atoms with Crippen LogP contribution in [0.25, 0.3) is 0 Å². The van der Waals surface area contributed by atoms with Crippen molar-refractivity contribution >= 4 is 6.09 Å². The number of nitrogens with zero attached hydrogens (tertiary/aromatic N) is 3. The number of rotatable bonds is 0. The van der Waals surface area contributed by atoms with E-state index in [1.165, 1.54) is 4.90 Å². The van der Waals surface area contributed by atoms with E-state index in [1.807, 2.05) is 6.92 Å². The summed E-state index contributed by atoms with van der Waals surface area (Å²) in [6.07, 6.45) is 4.35. The monoisotopic (exact) mass is 381 g/mol. The van der Waals surface area contributed by atoms with E-state index in [-0.39, 0.29) is 31.2 Å². The molecule has 1 N–H and O–H groups in total. The molecule has 0 unspecified atom stereocenters. The van der Waals surface area contributed by atoms with E-state index in [9.17, 15) is 18.7 Å². The van der Waals surface area contributed by atoms with E-state index in [4.69, 9.17) is 11.2 Å². The minimum Gasteiger partial charge on any atom is -0.444 e. The van der Waals surface area contributed by atoms with Crippen LogP contribution in [-0.2, 0) is 30.2 Å². The van der Waals surface area contributed by atoms with Crippen molar-refractivity contribution in [3.63, 3.8) is 0 Å². The predicted octanol–water partition coefficient (Wildman–Crippen LogP) is 2.81. The average molecular weight is 381 g/mol. The maximum Gasteiger partial charge on any atom is 0.410 e. The number of hydrogen-bond donors (Lipinski definition) is 1. The number of carbonyl (C=O) groups excluding carboxylic acids is 1. The molecule has 27 heavy (non-hydrogen) atoms. The van der Waals surface area contributed by atoms with Gasteiger partial charge in [0.2, 0.25) is 0 Å². The van der Waals surface area contributed by atoms with E-state index in [0.717, 1.165) is 4.68 Å². The smallest absolute Gasteiger partial charge is 0.410 e. The summed E-state index contributed by atoms with van der Waals surface area (Å²) < 4.78 is 36.3. The summed E-state index contributed by atoms with van der Waals surface area (Å²) in [5, 5.41) is 14.7. The Morgan fingerprint density at radius 1 is 1.41 bits per heavy atom. The highest BCUT2D eigenvalue weighted by atomic mass is 19.3. The lowest BCUT2D eigenvalue weighted by atomic mass is 9.94. The Morgan fingerprint density at radius 3 is 2.67 bits per heavy atom. The molecular formula is C19H25F2N3O3. The van der Waals surface area contributed by atoms with Crippen LogP contribution in [0.15, 0.2) is 0 Å². The second-order valence-corrected chi connectivity index (χ2v) is 8.47. The van der Waals surface area contributed by atoms with E-state index >= 15 is 0 Å². The molecule has 0 fully saturated rings. The Labute approximate surface area is 157 Å². The Balaban J connectivity index is 2.00. The third-order valence-corrected chi connectivity index (χ3v) is 4.99. The molecule has 2 atom stereocenters. The molecule has 2 aliphatic heterocycles. The number of terminal acetylenes is 1. The van der Waals surface area contributed by atoms with Crippen LogP contribution in [0, 0.1) is 12.3 Å². The number of aromatic nitrogens is 2. The number of ether oxygens (including phenoxy) is 1. The molecule has 0 saturated heterocycles. The fraction of sp³-hybridized carbons (Fsp3) is 0.684. The number of carbonyl (C=O) groups is 1. The van der Waals surface area contributed by atoms with Crippen molar-refractivity contribution in [2.45, 2.75) is 83.2 Å². The lowest BCUT2D eigenvalue weighted by Crippen LogP contribution is -2.45. The molecule has 0 saturated carbocycles. The largest absolute Gasteiger partial charge is 0.444 e. The summed E-state index contributed by atoms with van der Waals surface area (Å²) >= 11 is 0. The van der Waals surface area contributed by atoms with E-state index in [2.05, 4.69) is 11.0 Å². The molecule has 0 aliphatic carbocycles. The van der Waals surface area contributed by atoms with E-state index in [1.54, 1.807) is 20.8 Å². The van der Waals surface area contributed by atoms with Gasteiger partial charge in [0.15, 0.2) is 0 Å². The first-order valence-electron chi connectivity index (χ1n) is 9.02. The summed E-state index contributed by atoms with van der Waals surface area (Å²) in [5.41, 5.74) is -1.77. The molecule has 0 spiro atoms. The lowest BCUT2D eigenvalue weighted by molar-refractivity contribution is -0.0309. The van der Waals surface area contributed by atoms with Crippen molar-refractivity contribution in [3.05, 3.63) is 17.0 Å². The molecule has 8 heteroatoms. The van der Waals surface area contributed by atoms with Gasteiger partial charge in [0.25, 0.3) is 5.92 Å². The maximum absolute atomic E-state index is 14.9. The Hall–Kier alpha value is -2.14. The van der Waals surface area contributed by atoms with Crippen LogP contribution in [0.4, 0.5) is 13.6 Å². The molecule has 1 aromatic rings. The highest BCUT2D eigenvalue weighted by Gasteiger charge is 2.47. The SMILES string of the molecule is C#C[C@]1(O)CCC(F)(F)c2c3c(nn2C1)C[C@@H](C)N(C(=O)OC(C)(C)C)C3. The van der Waals surface area contributed by atoms with Gasteiger partial charge in [-0.3, -0.25) is 4.68 Å². The normalized spacial score (nSPS) is 27.2. The summed E-state index contributed by atoms with van der Waals surface area (Å²) in [6, 6.07) is -0.244. The van der Waals surface area contributed by atoms with Gasteiger partial charge < -0.3 is 14.7 Å². The minimum atomic E-state index is -3.19. The quantitative estimate of drug-likeness (QED) is 0.702. The van der Waals surface area contributed by atoms with Gasteiger partial charge in [-0.15, -0.1) is 6.42 Å². The number of fused-ring (bicyclic) bond motifs is 3. The number of amides is 1. The molecular weight excluding hydrogens is 356 g/mol. The van der Waals surface area contributed by atoms with Crippen molar-refractivity contribution in [2.24, 2.45) is 0 Å². The Morgan fingerprint density at radius 2 is 2.07 bits per heavy atom. The molecule has 2 aliphatic rings. The third-order valence-electron chi connectivity index (χ3n) is 4.99. The number of halogens is 2. The summed E-state index contributed by atoms with van der Waals surface area (Å²) in [5.74, 6) is -0.975. The van der Waals surface area contributed by atoms with Gasteiger partial charge in [-0.2, -0.15) is 13.9 Å². The molecule has 3 heterocycles. The van der Waals surface area contributed by atoms with Gasteiger partial charge in [0.1, 0.15) is 16.9 Å². The maximum atomic E-state index is 14.9. The minimum absolute atomic E-state index is 0.00911. The van der Waals surface area contributed by atoms with Gasteiger partial charge in [-0.1, -0.05) is 5.92 Å². The van der Waals surface area contributed by atoms with E-state index < -0.39 is 29.6 Å². The number of hydrogen-bond acceptors (Lipinski definition) is 4. The van der Waals surface area contributed by atoms with Gasteiger partial charge in [0.05, 0.1) is 18.8 Å². The van der Waals surface area contributed by atoms with Gasteiger partial charge in [0, 0.05) is 24.4 Å². The topological polar surface area (TPSA) is 67.6 Å². The number of aliphatic hydroxyl groups is 1. The summed E-state index contributed by atoms with van der Waals surface area (Å²) in [4.78, 5) is 14.0. The number of alkyl halides is 2. The first-order valence-corrected chi connectivity index (χ1v) is 9.02. The van der Waals surface area contributed by atoms with Crippen LogP contribution in [-0.4, -0.2) is 43.1 Å². The first kappa shape index (κ1) is 19.6. The van der Waals surface area contributed by atoms with E-state index in [0.29, 0.717) is 17.7 Å². The summed E-state index contributed by atoms with van der Waals surface area (Å²) in [7, 11) is 0. The molecule has 148 valence electrons. The van der Waals surface area contributed by atoms with Crippen LogP contribution >= 0.6 is 0 Å². The van der Waals surface area contributed by atoms with Gasteiger partial charge >= 0.3 is 6.09 Å².